The van der Waals surface area contributed by atoms with Gasteiger partial charge < -0.3 is 25.0 Å². The Morgan fingerprint density at radius 3 is 2.62 bits per heavy atom. The van der Waals surface area contributed by atoms with Crippen LogP contribution in [0.3, 0.4) is 0 Å². The molecule has 3 aliphatic rings. The summed E-state index contributed by atoms with van der Waals surface area (Å²) in [6.45, 7) is 7.88. The van der Waals surface area contributed by atoms with Crippen molar-refractivity contribution in [3.63, 3.8) is 0 Å². The highest BCUT2D eigenvalue weighted by molar-refractivity contribution is 6.35. The lowest BCUT2D eigenvalue weighted by Gasteiger charge is -2.52. The average Bonchev–Trinajstić information content (AvgIpc) is 2.81. The van der Waals surface area contributed by atoms with E-state index in [-0.39, 0.29) is 6.04 Å². The van der Waals surface area contributed by atoms with Crippen LogP contribution in [-0.2, 0) is 4.79 Å². The Bertz CT molecular complexity index is 1150. The molecule has 1 aromatic carbocycles. The first kappa shape index (κ1) is 26.3. The fraction of sp³-hybridized carbons (Fsp3) is 0.593. The summed E-state index contributed by atoms with van der Waals surface area (Å²) in [5.41, 5.74) is 0.391. The van der Waals surface area contributed by atoms with Gasteiger partial charge in [-0.05, 0) is 75.6 Å². The number of nitrogens with one attached hydrogen (secondary N) is 1. The van der Waals surface area contributed by atoms with Gasteiger partial charge in [0.05, 0.1) is 18.6 Å². The van der Waals surface area contributed by atoms with Gasteiger partial charge in [-0.25, -0.2) is 0 Å². The van der Waals surface area contributed by atoms with Crippen molar-refractivity contribution in [2.75, 3.05) is 43.5 Å². The Hall–Kier alpha value is -2.29. The molecule has 200 valence electrons. The fourth-order valence-corrected chi connectivity index (χ4v) is 6.60. The van der Waals surface area contributed by atoms with Gasteiger partial charge in [0.2, 0.25) is 11.8 Å². The third kappa shape index (κ3) is 5.47. The monoisotopic (exact) mass is 547 g/mol. The van der Waals surface area contributed by atoms with E-state index in [1.165, 1.54) is 12.8 Å². The number of likely N-dealkylation sites (tertiary alicyclic amines) is 1. The Morgan fingerprint density at radius 2 is 1.95 bits per heavy atom. The van der Waals surface area contributed by atoms with Crippen LogP contribution in [0.15, 0.2) is 24.3 Å². The highest BCUT2D eigenvalue weighted by Gasteiger charge is 2.49. The zero-order chi connectivity index (χ0) is 26.3. The lowest BCUT2D eigenvalue weighted by Crippen LogP contribution is -2.58. The number of carboxylic acids is 1. The summed E-state index contributed by atoms with van der Waals surface area (Å²) in [7, 11) is 1.61. The van der Waals surface area contributed by atoms with E-state index in [0.29, 0.717) is 45.6 Å². The van der Waals surface area contributed by atoms with Gasteiger partial charge in [0.25, 0.3) is 0 Å². The van der Waals surface area contributed by atoms with E-state index < -0.39 is 11.4 Å². The predicted molar refractivity (Wildman–Crippen MR) is 146 cm³/mol. The maximum Gasteiger partial charge on any atom is 0.309 e. The summed E-state index contributed by atoms with van der Waals surface area (Å²) in [4.78, 5) is 25.6. The van der Waals surface area contributed by atoms with Gasteiger partial charge in [-0.1, -0.05) is 29.3 Å². The van der Waals surface area contributed by atoms with Crippen molar-refractivity contribution >= 4 is 40.9 Å². The molecule has 3 heterocycles. The van der Waals surface area contributed by atoms with E-state index in [9.17, 15) is 9.90 Å². The second kappa shape index (κ2) is 10.5. The molecule has 8 nitrogen and oxygen atoms in total. The zero-order valence-corrected chi connectivity index (χ0v) is 23.1. The SMILES string of the molecule is COc1cc(NC(C)c2ccc(Cl)cc2Cl)nc(N2CC([C@H]3CCCN(C4CC(C)(C(=O)O)C4)C3)C2)n1. The smallest absolute Gasteiger partial charge is 0.309 e. The minimum absolute atomic E-state index is 0.0796. The first-order valence-electron chi connectivity index (χ1n) is 13.0. The summed E-state index contributed by atoms with van der Waals surface area (Å²) in [6, 6.07) is 7.61. The number of nitrogens with zero attached hydrogens (tertiary/aromatic N) is 4. The molecule has 3 fully saturated rings. The lowest BCUT2D eigenvalue weighted by molar-refractivity contribution is -0.158. The van der Waals surface area contributed by atoms with E-state index in [0.717, 1.165) is 44.6 Å². The van der Waals surface area contributed by atoms with E-state index in [1.54, 1.807) is 19.2 Å². The quantitative estimate of drug-likeness (QED) is 0.456. The highest BCUT2D eigenvalue weighted by Crippen LogP contribution is 2.45. The maximum absolute atomic E-state index is 11.5. The van der Waals surface area contributed by atoms with Crippen LogP contribution in [0.4, 0.5) is 11.8 Å². The van der Waals surface area contributed by atoms with Gasteiger partial charge >= 0.3 is 5.97 Å². The number of hydrogen-bond acceptors (Lipinski definition) is 7. The van der Waals surface area contributed by atoms with Crippen molar-refractivity contribution < 1.29 is 14.6 Å². The van der Waals surface area contributed by atoms with E-state index in [4.69, 9.17) is 32.9 Å². The van der Waals surface area contributed by atoms with Crippen LogP contribution >= 0.6 is 23.2 Å². The molecule has 1 saturated carbocycles. The summed E-state index contributed by atoms with van der Waals surface area (Å²) in [5, 5.41) is 14.1. The molecule has 2 aliphatic heterocycles. The summed E-state index contributed by atoms with van der Waals surface area (Å²) < 4.78 is 5.47. The molecule has 37 heavy (non-hydrogen) atoms. The third-order valence-electron chi connectivity index (χ3n) is 8.45. The number of ether oxygens (including phenoxy) is 1. The standard InChI is InChI=1S/C27H35Cl2N5O3/c1-16(21-7-6-19(28)9-22(21)29)30-23-10-24(37-3)32-26(31-23)34-14-18(15-34)17-5-4-8-33(13-17)20-11-27(2,12-20)25(35)36/h6-7,9-10,16-18,20H,4-5,8,11-15H2,1-3H3,(H,35,36)(H,30,31,32)/t16?,17-,20?,27?/m0/s1. The highest BCUT2D eigenvalue weighted by atomic mass is 35.5. The van der Waals surface area contributed by atoms with Crippen LogP contribution in [0.5, 0.6) is 5.88 Å². The molecule has 0 spiro atoms. The van der Waals surface area contributed by atoms with Crippen LogP contribution in [0, 0.1) is 17.3 Å². The number of aromatic nitrogens is 2. The number of methoxy groups -OCH3 is 1. The molecule has 0 amide bonds. The zero-order valence-electron chi connectivity index (χ0n) is 21.6. The third-order valence-corrected chi connectivity index (χ3v) is 9.01. The molecular weight excluding hydrogens is 513 g/mol. The number of carbonyl (C=O) groups is 1. The van der Waals surface area contributed by atoms with Crippen LogP contribution in [0.25, 0.3) is 0 Å². The van der Waals surface area contributed by atoms with E-state index in [2.05, 4.69) is 20.1 Å². The molecule has 0 bridgehead atoms. The molecule has 0 radical (unpaired) electrons. The number of carboxylic acid groups (broad SMARTS) is 1. The molecule has 5 rings (SSSR count). The number of rotatable bonds is 8. The first-order valence-corrected chi connectivity index (χ1v) is 13.8. The number of anilines is 2. The van der Waals surface area contributed by atoms with Crippen molar-refractivity contribution in [1.82, 2.24) is 14.9 Å². The van der Waals surface area contributed by atoms with Gasteiger partial charge in [-0.2, -0.15) is 9.97 Å². The minimum atomic E-state index is -0.662. The predicted octanol–water partition coefficient (Wildman–Crippen LogP) is 5.37. The Labute approximate surface area is 228 Å². The lowest BCUT2D eigenvalue weighted by atomic mass is 9.65. The van der Waals surface area contributed by atoms with Gasteiger partial charge in [0.15, 0.2) is 0 Å². The molecule has 1 aromatic heterocycles. The summed E-state index contributed by atoms with van der Waals surface area (Å²) in [6.07, 6.45) is 3.93. The molecule has 10 heteroatoms. The number of benzene rings is 1. The molecule has 2 saturated heterocycles. The van der Waals surface area contributed by atoms with Gasteiger partial charge in [0.1, 0.15) is 5.82 Å². The van der Waals surface area contributed by atoms with Crippen LogP contribution < -0.4 is 15.0 Å². The molecule has 1 unspecified atom stereocenters. The molecule has 1 aliphatic carbocycles. The number of aliphatic carboxylic acids is 1. The van der Waals surface area contributed by atoms with Gasteiger partial charge in [-0.15, -0.1) is 0 Å². The number of piperidine rings is 1. The topological polar surface area (TPSA) is 90.8 Å². The van der Waals surface area contributed by atoms with E-state index in [1.807, 2.05) is 26.0 Å². The number of halogens is 2. The van der Waals surface area contributed by atoms with Crippen LogP contribution in [0.1, 0.15) is 51.1 Å². The summed E-state index contributed by atoms with van der Waals surface area (Å²) >= 11 is 12.5. The van der Waals surface area contributed by atoms with Crippen molar-refractivity contribution in [3.05, 3.63) is 39.9 Å². The Kier molecular flexibility index (Phi) is 7.44. The van der Waals surface area contributed by atoms with Crippen molar-refractivity contribution in [1.29, 1.82) is 0 Å². The second-order valence-electron chi connectivity index (χ2n) is 11.1. The van der Waals surface area contributed by atoms with Crippen molar-refractivity contribution in [2.45, 2.75) is 51.6 Å². The average molecular weight is 549 g/mol. The van der Waals surface area contributed by atoms with Gasteiger partial charge in [0, 0.05) is 41.8 Å². The molecule has 2 atom stereocenters. The Balaban J connectivity index is 1.20. The molecular formula is C27H35Cl2N5O3. The first-order chi connectivity index (χ1) is 17.6. The van der Waals surface area contributed by atoms with Crippen LogP contribution in [0.2, 0.25) is 10.0 Å². The van der Waals surface area contributed by atoms with Crippen LogP contribution in [-0.4, -0.2) is 65.3 Å². The molecule has 2 N–H and O–H groups in total. The Morgan fingerprint density at radius 1 is 1.19 bits per heavy atom. The molecule has 2 aromatic rings. The summed E-state index contributed by atoms with van der Waals surface area (Å²) in [5.74, 6) is 2.41. The van der Waals surface area contributed by atoms with Crippen molar-refractivity contribution in [2.24, 2.45) is 17.3 Å². The van der Waals surface area contributed by atoms with E-state index >= 15 is 0 Å². The van der Waals surface area contributed by atoms with Gasteiger partial charge in [-0.3, -0.25) is 4.79 Å². The van der Waals surface area contributed by atoms with Crippen molar-refractivity contribution in [3.8, 4) is 5.88 Å². The second-order valence-corrected chi connectivity index (χ2v) is 12.0. The normalized spacial score (nSPS) is 27.2. The number of hydrogen-bond donors (Lipinski definition) is 2. The minimum Gasteiger partial charge on any atom is -0.481 e. The maximum atomic E-state index is 11.5. The largest absolute Gasteiger partial charge is 0.481 e. The fourth-order valence-electron chi connectivity index (χ4n) is 6.03.